The molecule has 0 radical (unpaired) electrons. The number of aryl methyl sites for hydroxylation is 1. The van der Waals surface area contributed by atoms with Crippen molar-refractivity contribution in [1.29, 1.82) is 0 Å². The van der Waals surface area contributed by atoms with E-state index in [0.29, 0.717) is 34.6 Å². The van der Waals surface area contributed by atoms with Gasteiger partial charge in [0.1, 0.15) is 0 Å². The van der Waals surface area contributed by atoms with Gasteiger partial charge in [0.2, 0.25) is 5.91 Å². The molecular weight excluding hydrogens is 350 g/mol. The molecule has 0 aliphatic carbocycles. The minimum absolute atomic E-state index is 0.0192. The van der Waals surface area contributed by atoms with Gasteiger partial charge in [0.25, 0.3) is 5.56 Å². The molecule has 0 saturated carbocycles. The van der Waals surface area contributed by atoms with Crippen molar-refractivity contribution in [3.8, 4) is 0 Å². The Morgan fingerprint density at radius 1 is 1.08 bits per heavy atom. The highest BCUT2D eigenvalue weighted by atomic mass is 35.5. The van der Waals surface area contributed by atoms with Crippen LogP contribution in [0, 0.1) is 0 Å². The summed E-state index contributed by atoms with van der Waals surface area (Å²) in [5.74, 6) is -0.0307. The zero-order valence-corrected chi connectivity index (χ0v) is 15.1. The van der Waals surface area contributed by atoms with Crippen LogP contribution in [0.15, 0.2) is 59.7 Å². The molecule has 1 aromatic heterocycles. The first kappa shape index (κ1) is 18.1. The molecule has 1 amide bonds. The lowest BCUT2D eigenvalue weighted by Gasteiger charge is -2.07. The fraction of sp³-hybridized carbons (Fsp3) is 0.250. The van der Waals surface area contributed by atoms with Crippen LogP contribution in [0.5, 0.6) is 0 Å². The topological polar surface area (TPSA) is 64.0 Å². The first-order valence-corrected chi connectivity index (χ1v) is 9.01. The number of halogens is 1. The number of amides is 1. The van der Waals surface area contributed by atoms with Gasteiger partial charge in [-0.15, -0.1) is 0 Å². The highest BCUT2D eigenvalue weighted by Gasteiger charge is 2.05. The van der Waals surface area contributed by atoms with E-state index < -0.39 is 0 Å². The van der Waals surface area contributed by atoms with Crippen LogP contribution in [0.1, 0.15) is 25.7 Å². The lowest BCUT2D eigenvalue weighted by molar-refractivity contribution is -0.116. The number of unbranched alkanes of at least 4 members (excludes halogenated alkanes) is 2. The Kier molecular flexibility index (Phi) is 6.02. The second-order valence-corrected chi connectivity index (χ2v) is 6.57. The maximum atomic E-state index is 12.4. The van der Waals surface area contributed by atoms with Crippen molar-refractivity contribution in [1.82, 2.24) is 9.55 Å². The number of carbonyl (C=O) groups excluding carboxylic acids is 1. The van der Waals surface area contributed by atoms with E-state index in [4.69, 9.17) is 11.6 Å². The summed E-state index contributed by atoms with van der Waals surface area (Å²) < 4.78 is 1.63. The molecule has 0 fully saturated rings. The van der Waals surface area contributed by atoms with Crippen molar-refractivity contribution in [3.63, 3.8) is 0 Å². The Morgan fingerprint density at radius 3 is 2.77 bits per heavy atom. The first-order valence-electron chi connectivity index (χ1n) is 8.63. The third-order valence-electron chi connectivity index (χ3n) is 4.14. The van der Waals surface area contributed by atoms with E-state index in [9.17, 15) is 9.59 Å². The number of anilines is 1. The number of hydrogen-bond donors (Lipinski definition) is 1. The summed E-state index contributed by atoms with van der Waals surface area (Å²) in [6, 6.07) is 14.4. The van der Waals surface area contributed by atoms with E-state index in [0.717, 1.165) is 19.3 Å². The third kappa shape index (κ3) is 4.70. The summed E-state index contributed by atoms with van der Waals surface area (Å²) in [5.41, 5.74) is 1.40. The molecule has 3 rings (SSSR count). The minimum Gasteiger partial charge on any atom is -0.326 e. The standard InChI is InChI=1S/C20H20ClN3O2/c21-15-7-6-8-16(13-15)23-19(25)11-2-1-5-12-24-14-22-18-10-4-3-9-17(18)20(24)26/h3-4,6-10,13-14H,1-2,5,11-12H2,(H,23,25). The van der Waals surface area contributed by atoms with Crippen LogP contribution in [0.3, 0.4) is 0 Å². The van der Waals surface area contributed by atoms with E-state index in [1.54, 1.807) is 35.2 Å². The quantitative estimate of drug-likeness (QED) is 0.633. The van der Waals surface area contributed by atoms with Gasteiger partial charge in [0.15, 0.2) is 0 Å². The number of nitrogens with one attached hydrogen (secondary N) is 1. The highest BCUT2D eigenvalue weighted by molar-refractivity contribution is 6.30. The summed E-state index contributed by atoms with van der Waals surface area (Å²) >= 11 is 5.90. The molecule has 0 unspecified atom stereocenters. The zero-order valence-electron chi connectivity index (χ0n) is 14.3. The Bertz CT molecular complexity index is 968. The van der Waals surface area contributed by atoms with E-state index in [1.807, 2.05) is 24.3 Å². The van der Waals surface area contributed by atoms with Gasteiger partial charge < -0.3 is 5.32 Å². The molecular formula is C20H20ClN3O2. The average molecular weight is 370 g/mol. The van der Waals surface area contributed by atoms with Crippen LogP contribution in [0.25, 0.3) is 10.9 Å². The van der Waals surface area contributed by atoms with Gasteiger partial charge >= 0.3 is 0 Å². The Hall–Kier alpha value is -2.66. The van der Waals surface area contributed by atoms with Crippen LogP contribution >= 0.6 is 11.6 Å². The summed E-state index contributed by atoms with van der Waals surface area (Å²) in [5, 5.41) is 4.06. The molecule has 0 atom stereocenters. The van der Waals surface area contributed by atoms with Gasteiger partial charge in [0, 0.05) is 23.7 Å². The predicted molar refractivity (Wildman–Crippen MR) is 105 cm³/mol. The van der Waals surface area contributed by atoms with Crippen molar-refractivity contribution < 1.29 is 4.79 Å². The molecule has 134 valence electrons. The number of aromatic nitrogens is 2. The molecule has 0 aliphatic heterocycles. The van der Waals surface area contributed by atoms with Crippen LogP contribution < -0.4 is 10.9 Å². The summed E-state index contributed by atoms with van der Waals surface area (Å²) in [7, 11) is 0. The Balaban J connectivity index is 1.44. The van der Waals surface area contributed by atoms with E-state index >= 15 is 0 Å². The smallest absolute Gasteiger partial charge is 0.261 e. The summed E-state index contributed by atoms with van der Waals surface area (Å²) in [6.45, 7) is 0.604. The van der Waals surface area contributed by atoms with E-state index in [2.05, 4.69) is 10.3 Å². The maximum Gasteiger partial charge on any atom is 0.261 e. The first-order chi connectivity index (χ1) is 12.6. The summed E-state index contributed by atoms with van der Waals surface area (Å²) in [4.78, 5) is 28.6. The van der Waals surface area contributed by atoms with Gasteiger partial charge in [-0.3, -0.25) is 14.2 Å². The third-order valence-corrected chi connectivity index (χ3v) is 4.38. The normalized spacial score (nSPS) is 10.8. The second-order valence-electron chi connectivity index (χ2n) is 6.13. The van der Waals surface area contributed by atoms with Crippen LogP contribution in [0.4, 0.5) is 5.69 Å². The SMILES string of the molecule is O=C(CCCCCn1cnc2ccccc2c1=O)Nc1cccc(Cl)c1. The van der Waals surface area contributed by atoms with Crippen molar-refractivity contribution in [2.75, 3.05) is 5.32 Å². The molecule has 3 aromatic rings. The van der Waals surface area contributed by atoms with Gasteiger partial charge in [-0.05, 0) is 43.2 Å². The second kappa shape index (κ2) is 8.63. The largest absolute Gasteiger partial charge is 0.326 e. The van der Waals surface area contributed by atoms with Crippen molar-refractivity contribution in [2.24, 2.45) is 0 Å². The molecule has 0 aliphatic rings. The van der Waals surface area contributed by atoms with Crippen molar-refractivity contribution in [3.05, 3.63) is 70.2 Å². The lowest BCUT2D eigenvalue weighted by Crippen LogP contribution is -2.20. The number of rotatable bonds is 7. The molecule has 1 N–H and O–H groups in total. The predicted octanol–water partition coefficient (Wildman–Crippen LogP) is 4.25. The van der Waals surface area contributed by atoms with E-state index in [-0.39, 0.29) is 11.5 Å². The molecule has 6 heteroatoms. The number of para-hydroxylation sites is 1. The zero-order chi connectivity index (χ0) is 18.4. The minimum atomic E-state index is -0.0307. The van der Waals surface area contributed by atoms with Gasteiger partial charge in [0.05, 0.1) is 17.2 Å². The number of hydrogen-bond acceptors (Lipinski definition) is 3. The molecule has 26 heavy (non-hydrogen) atoms. The molecule has 1 heterocycles. The molecule has 0 spiro atoms. The number of benzene rings is 2. The maximum absolute atomic E-state index is 12.4. The van der Waals surface area contributed by atoms with Crippen LogP contribution in [0.2, 0.25) is 5.02 Å². The van der Waals surface area contributed by atoms with Crippen LogP contribution in [-0.2, 0) is 11.3 Å². The Morgan fingerprint density at radius 2 is 1.92 bits per heavy atom. The lowest BCUT2D eigenvalue weighted by atomic mass is 10.2. The fourth-order valence-electron chi connectivity index (χ4n) is 2.80. The fourth-order valence-corrected chi connectivity index (χ4v) is 2.99. The van der Waals surface area contributed by atoms with Gasteiger partial charge in [-0.25, -0.2) is 4.98 Å². The number of fused-ring (bicyclic) bond motifs is 1. The average Bonchev–Trinajstić information content (AvgIpc) is 2.63. The van der Waals surface area contributed by atoms with Crippen molar-refractivity contribution in [2.45, 2.75) is 32.2 Å². The van der Waals surface area contributed by atoms with Crippen molar-refractivity contribution >= 4 is 34.1 Å². The molecule has 5 nitrogen and oxygen atoms in total. The van der Waals surface area contributed by atoms with Crippen LogP contribution in [-0.4, -0.2) is 15.5 Å². The van der Waals surface area contributed by atoms with Gasteiger partial charge in [-0.2, -0.15) is 0 Å². The number of carbonyl (C=O) groups is 1. The van der Waals surface area contributed by atoms with E-state index in [1.165, 1.54) is 0 Å². The molecule has 0 bridgehead atoms. The Labute approximate surface area is 156 Å². The highest BCUT2D eigenvalue weighted by Crippen LogP contribution is 2.15. The molecule has 0 saturated heterocycles. The molecule has 2 aromatic carbocycles. The monoisotopic (exact) mass is 369 g/mol. The summed E-state index contributed by atoms with van der Waals surface area (Å²) in [6.07, 6.45) is 4.49. The number of nitrogens with zero attached hydrogens (tertiary/aromatic N) is 2. The van der Waals surface area contributed by atoms with Gasteiger partial charge in [-0.1, -0.05) is 36.2 Å².